The monoisotopic (exact) mass is 654 g/mol. The Hall–Kier alpha value is -0.400. The van der Waals surface area contributed by atoms with Gasteiger partial charge >= 0.3 is 0 Å². The lowest BCUT2D eigenvalue weighted by molar-refractivity contribution is -0.332. The van der Waals surface area contributed by atoms with Crippen LogP contribution in [0.25, 0.3) is 0 Å². The Kier molecular flexibility index (Phi) is 8.71. The molecule has 4 saturated carbocycles. The molecule has 2 saturated heterocycles. The first-order chi connectivity index (χ1) is 21.2. The number of rotatable bonds is 5. The summed E-state index contributed by atoms with van der Waals surface area (Å²) in [5.41, 5.74) is -2.28. The quantitative estimate of drug-likeness (QED) is 0.219. The molecule has 6 aliphatic rings. The molecule has 10 heteroatoms. The molecule has 0 amide bonds. The fourth-order valence-corrected chi connectivity index (χ4v) is 12.8. The van der Waals surface area contributed by atoms with E-state index in [1.807, 2.05) is 0 Å². The van der Waals surface area contributed by atoms with E-state index in [4.69, 9.17) is 14.2 Å². The number of hydrogen-bond donors (Lipinski definition) is 7. The molecule has 266 valence electrons. The average Bonchev–Trinajstić information content (AvgIpc) is 3.50. The minimum atomic E-state index is -1.47. The maximum absolute atomic E-state index is 12.2. The van der Waals surface area contributed by atoms with Gasteiger partial charge in [0.2, 0.25) is 0 Å². The zero-order chi connectivity index (χ0) is 34.0. The van der Waals surface area contributed by atoms with E-state index in [1.165, 1.54) is 0 Å². The van der Waals surface area contributed by atoms with Gasteiger partial charge < -0.3 is 50.0 Å². The van der Waals surface area contributed by atoms with E-state index in [1.54, 1.807) is 13.8 Å². The van der Waals surface area contributed by atoms with E-state index in [0.29, 0.717) is 12.8 Å². The van der Waals surface area contributed by atoms with Crippen molar-refractivity contribution in [1.29, 1.82) is 0 Å². The van der Waals surface area contributed by atoms with Crippen LogP contribution in [0.4, 0.5) is 0 Å². The molecule has 0 spiro atoms. The van der Waals surface area contributed by atoms with Crippen LogP contribution in [-0.4, -0.2) is 109 Å². The van der Waals surface area contributed by atoms with Crippen molar-refractivity contribution >= 4 is 0 Å². The van der Waals surface area contributed by atoms with E-state index in [0.717, 1.165) is 38.5 Å². The molecule has 0 aromatic heterocycles. The third kappa shape index (κ3) is 4.94. The van der Waals surface area contributed by atoms with E-state index >= 15 is 0 Å². The number of aliphatic hydroxyl groups excluding tert-OH is 6. The molecule has 0 radical (unpaired) electrons. The van der Waals surface area contributed by atoms with Crippen molar-refractivity contribution < 1.29 is 50.0 Å². The number of hydrogen-bond acceptors (Lipinski definition) is 10. The fourth-order valence-electron chi connectivity index (χ4n) is 12.8. The summed E-state index contributed by atoms with van der Waals surface area (Å²) in [6, 6.07) is 0. The minimum absolute atomic E-state index is 0.0127. The molecular formula is C36H62O10. The molecule has 6 fully saturated rings. The molecule has 46 heavy (non-hydrogen) atoms. The zero-order valence-corrected chi connectivity index (χ0v) is 29.2. The Labute approximate surface area is 274 Å². The first-order valence-electron chi connectivity index (χ1n) is 17.9. The Morgan fingerprint density at radius 3 is 2.04 bits per heavy atom. The van der Waals surface area contributed by atoms with Gasteiger partial charge in [-0.3, -0.25) is 0 Å². The van der Waals surface area contributed by atoms with Gasteiger partial charge in [-0.1, -0.05) is 34.6 Å². The van der Waals surface area contributed by atoms with Crippen molar-refractivity contribution in [3.8, 4) is 0 Å². The Morgan fingerprint density at radius 1 is 0.783 bits per heavy atom. The number of ether oxygens (including phenoxy) is 3. The molecule has 0 unspecified atom stereocenters. The predicted molar refractivity (Wildman–Crippen MR) is 169 cm³/mol. The van der Waals surface area contributed by atoms with Crippen LogP contribution in [0.5, 0.6) is 0 Å². The summed E-state index contributed by atoms with van der Waals surface area (Å²) in [5, 5.41) is 74.9. The predicted octanol–water partition coefficient (Wildman–Crippen LogP) is 2.51. The summed E-state index contributed by atoms with van der Waals surface area (Å²) < 4.78 is 18.8. The van der Waals surface area contributed by atoms with Gasteiger partial charge in [0.25, 0.3) is 0 Å². The topological polar surface area (TPSA) is 169 Å². The van der Waals surface area contributed by atoms with Crippen molar-refractivity contribution in [3.05, 3.63) is 0 Å². The summed E-state index contributed by atoms with van der Waals surface area (Å²) in [5.74, 6) is 0.681. The lowest BCUT2D eigenvalue weighted by Gasteiger charge is -2.70. The summed E-state index contributed by atoms with van der Waals surface area (Å²) in [4.78, 5) is 0. The molecule has 2 aliphatic heterocycles. The van der Waals surface area contributed by atoms with Crippen molar-refractivity contribution in [3.63, 3.8) is 0 Å². The van der Waals surface area contributed by atoms with E-state index < -0.39 is 66.8 Å². The first-order valence-corrected chi connectivity index (χ1v) is 17.9. The van der Waals surface area contributed by atoms with Gasteiger partial charge in [-0.05, 0) is 111 Å². The smallest absolute Gasteiger partial charge is 0.186 e. The molecule has 7 N–H and O–H groups in total. The zero-order valence-electron chi connectivity index (χ0n) is 29.2. The minimum Gasteiger partial charge on any atom is -0.394 e. The van der Waals surface area contributed by atoms with Crippen LogP contribution >= 0.6 is 0 Å². The number of aliphatic hydroxyl groups is 7. The van der Waals surface area contributed by atoms with Crippen molar-refractivity contribution in [2.24, 2.45) is 45.3 Å². The average molecular weight is 655 g/mol. The molecule has 10 nitrogen and oxygen atoms in total. The van der Waals surface area contributed by atoms with Gasteiger partial charge in [0.1, 0.15) is 30.5 Å². The van der Waals surface area contributed by atoms with Crippen LogP contribution in [0.2, 0.25) is 0 Å². The standard InChI is InChI=1S/C36H62O10/c1-31(2)22-10-14-34(6)23(33(22,5)12-11-24(31)45-30-28(42)27(41)26(40)21(17-37)44-30)15-19(38)25-18(9-13-35(25,34)7)36(8)16-20(39)29(46-36)32(3,4)43/h18-30,37-43H,9-17H2,1-8H3/t18-,19+,20-,21+,22+,23+,24-,25-,26+,27-,28+,29-,30-,33-,34+,35+,36-/m0/s1. The lowest BCUT2D eigenvalue weighted by atomic mass is 9.35. The van der Waals surface area contributed by atoms with Crippen molar-refractivity contribution in [2.75, 3.05) is 6.61 Å². The van der Waals surface area contributed by atoms with Crippen LogP contribution in [0, 0.1) is 45.3 Å². The number of fused-ring (bicyclic) bond motifs is 5. The van der Waals surface area contributed by atoms with Crippen LogP contribution in [0.15, 0.2) is 0 Å². The highest BCUT2D eigenvalue weighted by molar-refractivity contribution is 5.21. The third-order valence-corrected chi connectivity index (χ3v) is 15.3. The molecule has 0 aromatic rings. The summed E-state index contributed by atoms with van der Waals surface area (Å²) in [6.07, 6.45) is -1.96. The van der Waals surface area contributed by atoms with E-state index in [2.05, 4.69) is 41.5 Å². The second-order valence-electron chi connectivity index (χ2n) is 18.4. The summed E-state index contributed by atoms with van der Waals surface area (Å²) >= 11 is 0. The highest BCUT2D eigenvalue weighted by Crippen LogP contribution is 2.76. The third-order valence-electron chi connectivity index (χ3n) is 15.3. The van der Waals surface area contributed by atoms with Gasteiger partial charge in [-0.2, -0.15) is 0 Å². The summed E-state index contributed by atoms with van der Waals surface area (Å²) in [6.45, 7) is 16.7. The second kappa shape index (κ2) is 11.3. The largest absolute Gasteiger partial charge is 0.394 e. The van der Waals surface area contributed by atoms with E-state index in [9.17, 15) is 35.7 Å². The Bertz CT molecular complexity index is 1140. The molecule has 4 aliphatic carbocycles. The van der Waals surface area contributed by atoms with Crippen LogP contribution in [0.3, 0.4) is 0 Å². The first kappa shape index (κ1) is 35.4. The fraction of sp³-hybridized carbons (Fsp3) is 1.00. The van der Waals surface area contributed by atoms with Crippen LogP contribution in [-0.2, 0) is 14.2 Å². The molecule has 0 bridgehead atoms. The van der Waals surface area contributed by atoms with Gasteiger partial charge in [0, 0.05) is 6.42 Å². The van der Waals surface area contributed by atoms with E-state index in [-0.39, 0.29) is 51.4 Å². The molecule has 2 heterocycles. The van der Waals surface area contributed by atoms with Gasteiger partial charge in [-0.15, -0.1) is 0 Å². The SMILES string of the molecule is CC(C)(O)[C@H]1O[C@](C)([C@H]2CC[C@]3(C)[C@@H]2[C@H](O)C[C@@H]2[C@@]4(C)CC[C@H](O[C@@H]5O[C@H](CO)[C@@H](O)[C@H](O)[C@H]5O)C(C)(C)[C@H]4CC[C@]23C)C[C@@H]1O. The maximum atomic E-state index is 12.2. The van der Waals surface area contributed by atoms with Gasteiger partial charge in [-0.25, -0.2) is 0 Å². The molecule has 17 atom stereocenters. The Morgan fingerprint density at radius 2 is 1.43 bits per heavy atom. The van der Waals surface area contributed by atoms with Gasteiger partial charge in [0.15, 0.2) is 6.29 Å². The molecular weight excluding hydrogens is 592 g/mol. The highest BCUT2D eigenvalue weighted by atomic mass is 16.7. The van der Waals surface area contributed by atoms with Crippen molar-refractivity contribution in [2.45, 2.75) is 173 Å². The highest BCUT2D eigenvalue weighted by Gasteiger charge is 2.72. The van der Waals surface area contributed by atoms with Crippen LogP contribution < -0.4 is 0 Å². The molecule has 6 rings (SSSR count). The normalized spacial score (nSPS) is 57.1. The van der Waals surface area contributed by atoms with Crippen LogP contribution in [0.1, 0.15) is 107 Å². The Balaban J connectivity index is 1.24. The van der Waals surface area contributed by atoms with Crippen molar-refractivity contribution in [1.82, 2.24) is 0 Å². The molecule has 0 aromatic carbocycles. The van der Waals surface area contributed by atoms with Gasteiger partial charge in [0.05, 0.1) is 36.1 Å². The summed E-state index contributed by atoms with van der Waals surface area (Å²) in [7, 11) is 0. The lowest BCUT2D eigenvalue weighted by Crippen LogP contribution is -2.67. The maximum Gasteiger partial charge on any atom is 0.186 e. The second-order valence-corrected chi connectivity index (χ2v) is 18.4.